The molecule has 27 heavy (non-hydrogen) atoms. The van der Waals surface area contributed by atoms with E-state index in [0.717, 1.165) is 33.5 Å². The Kier molecular flexibility index (Phi) is 6.44. The molecule has 0 radical (unpaired) electrons. The van der Waals surface area contributed by atoms with Crippen molar-refractivity contribution in [2.75, 3.05) is 18.6 Å². The fourth-order valence-corrected chi connectivity index (χ4v) is 3.16. The summed E-state index contributed by atoms with van der Waals surface area (Å²) in [5.74, 6) is 1.46. The highest BCUT2D eigenvalue weighted by Crippen LogP contribution is 2.28. The molecule has 0 aliphatic carbocycles. The predicted octanol–water partition coefficient (Wildman–Crippen LogP) is 5.36. The SMILES string of the molecule is CCOc1ccc(C=NNc2nc(-c3ccc(C)cc3)cs2)cc1OCC. The van der Waals surface area contributed by atoms with Gasteiger partial charge in [0.1, 0.15) is 0 Å². The molecule has 0 atom stereocenters. The number of aryl methyl sites for hydroxylation is 1. The maximum Gasteiger partial charge on any atom is 0.203 e. The summed E-state index contributed by atoms with van der Waals surface area (Å²) in [7, 11) is 0. The molecule has 3 aromatic rings. The number of nitrogens with zero attached hydrogens (tertiary/aromatic N) is 2. The Bertz CT molecular complexity index is 904. The standard InChI is InChI=1S/C21H23N3O2S/c1-4-25-19-11-8-16(12-20(19)26-5-2)13-22-24-21-23-18(14-27-21)17-9-6-15(3)7-10-17/h6-14H,4-5H2,1-3H3,(H,23,24). The van der Waals surface area contributed by atoms with Gasteiger partial charge in [-0.1, -0.05) is 29.8 Å². The van der Waals surface area contributed by atoms with Crippen molar-refractivity contribution in [1.82, 2.24) is 4.98 Å². The van der Waals surface area contributed by atoms with Crippen LogP contribution in [-0.4, -0.2) is 24.4 Å². The molecule has 0 aliphatic rings. The highest BCUT2D eigenvalue weighted by atomic mass is 32.1. The van der Waals surface area contributed by atoms with Crippen molar-refractivity contribution in [1.29, 1.82) is 0 Å². The van der Waals surface area contributed by atoms with E-state index >= 15 is 0 Å². The van der Waals surface area contributed by atoms with E-state index in [-0.39, 0.29) is 0 Å². The summed E-state index contributed by atoms with van der Waals surface area (Å²) in [5.41, 5.74) is 7.19. The molecule has 0 fully saturated rings. The Morgan fingerprint density at radius 2 is 1.78 bits per heavy atom. The Hall–Kier alpha value is -2.86. The van der Waals surface area contributed by atoms with E-state index in [2.05, 4.69) is 46.7 Å². The lowest BCUT2D eigenvalue weighted by atomic mass is 10.1. The normalized spacial score (nSPS) is 10.9. The number of anilines is 1. The van der Waals surface area contributed by atoms with Crippen molar-refractivity contribution in [2.45, 2.75) is 20.8 Å². The smallest absolute Gasteiger partial charge is 0.203 e. The molecule has 5 nitrogen and oxygen atoms in total. The number of ether oxygens (including phenoxy) is 2. The number of benzene rings is 2. The van der Waals surface area contributed by atoms with Crippen LogP contribution in [0.15, 0.2) is 52.9 Å². The third kappa shape index (κ3) is 5.08. The van der Waals surface area contributed by atoms with Crippen molar-refractivity contribution in [3.05, 3.63) is 59.0 Å². The van der Waals surface area contributed by atoms with Gasteiger partial charge in [-0.3, -0.25) is 5.43 Å². The predicted molar refractivity (Wildman–Crippen MR) is 112 cm³/mol. The van der Waals surface area contributed by atoms with Crippen molar-refractivity contribution in [2.24, 2.45) is 5.10 Å². The molecule has 0 bridgehead atoms. The molecule has 0 saturated carbocycles. The Balaban J connectivity index is 1.67. The van der Waals surface area contributed by atoms with E-state index in [0.29, 0.717) is 13.2 Å². The van der Waals surface area contributed by atoms with Crippen LogP contribution >= 0.6 is 11.3 Å². The lowest BCUT2D eigenvalue weighted by molar-refractivity contribution is 0.288. The molecule has 1 heterocycles. The van der Waals surface area contributed by atoms with Crippen molar-refractivity contribution >= 4 is 22.7 Å². The zero-order valence-electron chi connectivity index (χ0n) is 15.7. The summed E-state index contributed by atoms with van der Waals surface area (Å²) in [5, 5.41) is 7.05. The maximum atomic E-state index is 5.64. The molecule has 0 saturated heterocycles. The molecule has 1 aromatic heterocycles. The first-order chi connectivity index (χ1) is 13.2. The van der Waals surface area contributed by atoms with Crippen LogP contribution in [0.4, 0.5) is 5.13 Å². The highest BCUT2D eigenvalue weighted by molar-refractivity contribution is 7.14. The first-order valence-electron chi connectivity index (χ1n) is 8.91. The second-order valence-electron chi connectivity index (χ2n) is 5.85. The maximum absolute atomic E-state index is 5.64. The molecule has 140 valence electrons. The Morgan fingerprint density at radius 3 is 2.52 bits per heavy atom. The molecule has 2 aromatic carbocycles. The van der Waals surface area contributed by atoms with Gasteiger partial charge in [-0.25, -0.2) is 4.98 Å². The zero-order chi connectivity index (χ0) is 19.1. The Morgan fingerprint density at radius 1 is 1.04 bits per heavy atom. The second-order valence-corrected chi connectivity index (χ2v) is 6.70. The number of hydrazone groups is 1. The van der Waals surface area contributed by atoms with Crippen molar-refractivity contribution in [3.8, 4) is 22.8 Å². The van der Waals surface area contributed by atoms with E-state index < -0.39 is 0 Å². The van der Waals surface area contributed by atoms with Crippen LogP contribution < -0.4 is 14.9 Å². The van der Waals surface area contributed by atoms with E-state index in [1.54, 1.807) is 6.21 Å². The minimum Gasteiger partial charge on any atom is -0.490 e. The molecule has 1 N–H and O–H groups in total. The van der Waals surface area contributed by atoms with Gasteiger partial charge in [-0.15, -0.1) is 11.3 Å². The van der Waals surface area contributed by atoms with Gasteiger partial charge in [-0.05, 0) is 44.5 Å². The van der Waals surface area contributed by atoms with Crippen LogP contribution in [0.5, 0.6) is 11.5 Å². The molecule has 0 spiro atoms. The van der Waals surface area contributed by atoms with Gasteiger partial charge in [-0.2, -0.15) is 5.10 Å². The topological polar surface area (TPSA) is 55.7 Å². The molecular formula is C21H23N3O2S. The van der Waals surface area contributed by atoms with Gasteiger partial charge < -0.3 is 9.47 Å². The first kappa shape index (κ1) is 18.9. The van der Waals surface area contributed by atoms with E-state index in [4.69, 9.17) is 9.47 Å². The minimum absolute atomic E-state index is 0.583. The fraction of sp³-hybridized carbons (Fsp3) is 0.238. The summed E-state index contributed by atoms with van der Waals surface area (Å²) in [6, 6.07) is 14.1. The highest BCUT2D eigenvalue weighted by Gasteiger charge is 2.06. The van der Waals surface area contributed by atoms with E-state index in [9.17, 15) is 0 Å². The van der Waals surface area contributed by atoms with Gasteiger partial charge in [0.15, 0.2) is 11.5 Å². The molecular weight excluding hydrogens is 358 g/mol. The number of hydrogen-bond donors (Lipinski definition) is 1. The van der Waals surface area contributed by atoms with Crippen LogP contribution in [0.25, 0.3) is 11.3 Å². The number of aromatic nitrogens is 1. The zero-order valence-corrected chi connectivity index (χ0v) is 16.5. The molecule has 6 heteroatoms. The van der Waals surface area contributed by atoms with Crippen LogP contribution in [0, 0.1) is 6.92 Å². The second kappa shape index (κ2) is 9.19. The summed E-state index contributed by atoms with van der Waals surface area (Å²) in [4.78, 5) is 4.58. The summed E-state index contributed by atoms with van der Waals surface area (Å²) < 4.78 is 11.2. The average molecular weight is 382 g/mol. The van der Waals surface area contributed by atoms with Crippen LogP contribution in [0.2, 0.25) is 0 Å². The van der Waals surface area contributed by atoms with Gasteiger partial charge >= 0.3 is 0 Å². The van der Waals surface area contributed by atoms with Gasteiger partial charge in [0.2, 0.25) is 5.13 Å². The first-order valence-corrected chi connectivity index (χ1v) is 9.79. The van der Waals surface area contributed by atoms with Gasteiger partial charge in [0.05, 0.1) is 25.1 Å². The molecule has 0 unspecified atom stereocenters. The largest absolute Gasteiger partial charge is 0.490 e. The van der Waals surface area contributed by atoms with Crippen molar-refractivity contribution in [3.63, 3.8) is 0 Å². The third-order valence-corrected chi connectivity index (χ3v) is 4.54. The lowest BCUT2D eigenvalue weighted by Gasteiger charge is -2.11. The third-order valence-electron chi connectivity index (χ3n) is 3.79. The minimum atomic E-state index is 0.583. The van der Waals surface area contributed by atoms with Gasteiger partial charge in [0, 0.05) is 10.9 Å². The molecule has 3 rings (SSSR count). The number of hydrogen-bond acceptors (Lipinski definition) is 6. The number of nitrogens with one attached hydrogen (secondary N) is 1. The van der Waals surface area contributed by atoms with Crippen LogP contribution in [0.3, 0.4) is 0 Å². The summed E-state index contributed by atoms with van der Waals surface area (Å²) in [6.07, 6.45) is 1.74. The van der Waals surface area contributed by atoms with Crippen LogP contribution in [-0.2, 0) is 0 Å². The van der Waals surface area contributed by atoms with E-state index in [1.165, 1.54) is 16.9 Å². The number of rotatable bonds is 8. The summed E-state index contributed by atoms with van der Waals surface area (Å²) >= 11 is 1.52. The van der Waals surface area contributed by atoms with Crippen molar-refractivity contribution < 1.29 is 9.47 Å². The number of thiazole rings is 1. The Labute approximate surface area is 163 Å². The monoisotopic (exact) mass is 381 g/mol. The quantitative estimate of drug-likeness (QED) is 0.421. The molecule has 0 amide bonds. The van der Waals surface area contributed by atoms with Crippen LogP contribution in [0.1, 0.15) is 25.0 Å². The fourth-order valence-electron chi connectivity index (χ4n) is 2.49. The molecule has 0 aliphatic heterocycles. The van der Waals surface area contributed by atoms with E-state index in [1.807, 2.05) is 37.4 Å². The lowest BCUT2D eigenvalue weighted by Crippen LogP contribution is -1.99. The summed E-state index contributed by atoms with van der Waals surface area (Å²) in [6.45, 7) is 7.16. The average Bonchev–Trinajstić information content (AvgIpc) is 3.14. The van der Waals surface area contributed by atoms with Gasteiger partial charge in [0.25, 0.3) is 0 Å².